The van der Waals surface area contributed by atoms with Crippen molar-refractivity contribution >= 4 is 34.8 Å². The quantitative estimate of drug-likeness (QED) is 0.479. The second-order valence-electron chi connectivity index (χ2n) is 7.05. The first-order valence-corrected chi connectivity index (χ1v) is 10.0. The number of carbonyl (C=O) groups excluding carboxylic acids is 1. The summed E-state index contributed by atoms with van der Waals surface area (Å²) in [6.45, 7) is 3.20. The summed E-state index contributed by atoms with van der Waals surface area (Å²) in [4.78, 5) is 15.5. The number of hydrogen-bond donors (Lipinski definition) is 2. The molecule has 1 amide bonds. The van der Waals surface area contributed by atoms with E-state index in [1.165, 1.54) is 11.0 Å². The molecule has 1 aromatic rings. The third-order valence-electron chi connectivity index (χ3n) is 5.04. The average Bonchev–Trinajstić information content (AvgIpc) is 3.08. The lowest BCUT2D eigenvalue weighted by Crippen LogP contribution is -2.38. The summed E-state index contributed by atoms with van der Waals surface area (Å²) in [6, 6.07) is 4.83. The Morgan fingerprint density at radius 1 is 1.38 bits per heavy atom. The number of hydrogen-bond acceptors (Lipinski definition) is 6. The third-order valence-corrected chi connectivity index (χ3v) is 5.19. The summed E-state index contributed by atoms with van der Waals surface area (Å²) in [5, 5.41) is 2.91. The van der Waals surface area contributed by atoms with E-state index in [4.69, 9.17) is 32.2 Å². The van der Waals surface area contributed by atoms with E-state index in [0.717, 1.165) is 12.8 Å². The van der Waals surface area contributed by atoms with Gasteiger partial charge in [-0.05, 0) is 43.3 Å². The van der Waals surface area contributed by atoms with Gasteiger partial charge in [-0.3, -0.25) is 4.90 Å². The van der Waals surface area contributed by atoms with Gasteiger partial charge in [0, 0.05) is 20.2 Å². The van der Waals surface area contributed by atoms with Crippen molar-refractivity contribution in [1.82, 2.24) is 5.32 Å². The predicted molar refractivity (Wildman–Crippen MR) is 112 cm³/mol. The Bertz CT molecular complexity index is 730. The molecule has 0 bridgehead atoms. The Labute approximate surface area is 175 Å². The Morgan fingerprint density at radius 2 is 2.14 bits per heavy atom. The number of amides is 1. The van der Waals surface area contributed by atoms with Crippen LogP contribution in [0, 0.1) is 5.82 Å². The molecule has 2 heterocycles. The summed E-state index contributed by atoms with van der Waals surface area (Å²) in [6.07, 6.45) is 0.932. The van der Waals surface area contributed by atoms with Crippen LogP contribution in [0.3, 0.4) is 0 Å². The number of rotatable bonds is 8. The van der Waals surface area contributed by atoms with Crippen LogP contribution in [0.15, 0.2) is 18.2 Å². The highest BCUT2D eigenvalue weighted by atomic mass is 32.1. The average molecular weight is 427 g/mol. The van der Waals surface area contributed by atoms with E-state index < -0.39 is 12.2 Å². The van der Waals surface area contributed by atoms with E-state index in [1.54, 1.807) is 19.2 Å². The Balaban J connectivity index is 1.57. The van der Waals surface area contributed by atoms with E-state index in [-0.39, 0.29) is 17.0 Å². The zero-order valence-electron chi connectivity index (χ0n) is 16.4. The number of cyclic esters (lactones) is 1. The number of nitrogens with two attached hydrogens (primary N) is 1. The largest absolute Gasteiger partial charge is 0.442 e. The molecule has 0 saturated carbocycles. The standard InChI is InChI=1S/C19H27FN4O4S/c1-26-8-9-27-14-4-6-23(7-5-14)17-3-2-13(10-16(17)20)24-12-15(28-19(24)25)11-22-18(21)29/h2-3,10,14-15H,4-9,11-12H2,1H3,(H3,21,22,29). The highest BCUT2D eigenvalue weighted by Gasteiger charge is 2.33. The fourth-order valence-corrected chi connectivity index (χ4v) is 3.62. The van der Waals surface area contributed by atoms with Crippen molar-refractivity contribution in [3.8, 4) is 0 Å². The van der Waals surface area contributed by atoms with Crippen molar-refractivity contribution in [2.24, 2.45) is 5.73 Å². The molecule has 8 nitrogen and oxygen atoms in total. The van der Waals surface area contributed by atoms with Crippen LogP contribution in [0.2, 0.25) is 0 Å². The molecule has 2 saturated heterocycles. The molecule has 3 N–H and O–H groups in total. The molecule has 1 unspecified atom stereocenters. The van der Waals surface area contributed by atoms with E-state index in [9.17, 15) is 9.18 Å². The SMILES string of the molecule is COCCOC1CCN(c2ccc(N3CC(CNC(N)=S)OC3=O)cc2F)CC1. The first-order valence-electron chi connectivity index (χ1n) is 9.64. The fraction of sp³-hybridized carbons (Fsp3) is 0.579. The minimum Gasteiger partial charge on any atom is -0.442 e. The van der Waals surface area contributed by atoms with Crippen LogP contribution in [0.5, 0.6) is 0 Å². The van der Waals surface area contributed by atoms with Gasteiger partial charge in [0.1, 0.15) is 11.9 Å². The molecule has 1 atom stereocenters. The first kappa shape index (κ1) is 21.5. The number of benzene rings is 1. The topological polar surface area (TPSA) is 89.3 Å². The molecule has 3 rings (SSSR count). The van der Waals surface area contributed by atoms with Gasteiger partial charge in [0.2, 0.25) is 0 Å². The molecule has 0 aliphatic carbocycles. The van der Waals surface area contributed by atoms with Gasteiger partial charge in [-0.15, -0.1) is 0 Å². The minimum absolute atomic E-state index is 0.141. The number of piperidine rings is 1. The van der Waals surface area contributed by atoms with Gasteiger partial charge >= 0.3 is 6.09 Å². The van der Waals surface area contributed by atoms with Crippen LogP contribution < -0.4 is 20.9 Å². The van der Waals surface area contributed by atoms with Gasteiger partial charge in [-0.25, -0.2) is 9.18 Å². The predicted octanol–water partition coefficient (Wildman–Crippen LogP) is 1.62. The van der Waals surface area contributed by atoms with Gasteiger partial charge in [0.25, 0.3) is 0 Å². The van der Waals surface area contributed by atoms with Gasteiger partial charge in [0.15, 0.2) is 5.11 Å². The molecule has 160 valence electrons. The number of anilines is 2. The maximum Gasteiger partial charge on any atom is 0.414 e. The monoisotopic (exact) mass is 426 g/mol. The zero-order valence-corrected chi connectivity index (χ0v) is 17.3. The van der Waals surface area contributed by atoms with Crippen molar-refractivity contribution < 1.29 is 23.4 Å². The van der Waals surface area contributed by atoms with Crippen molar-refractivity contribution in [2.45, 2.75) is 25.0 Å². The van der Waals surface area contributed by atoms with Gasteiger partial charge in [0.05, 0.1) is 43.8 Å². The van der Waals surface area contributed by atoms with Crippen LogP contribution in [0.25, 0.3) is 0 Å². The zero-order chi connectivity index (χ0) is 20.8. The Morgan fingerprint density at radius 3 is 2.79 bits per heavy atom. The van der Waals surface area contributed by atoms with Gasteiger partial charge in [-0.1, -0.05) is 0 Å². The van der Waals surface area contributed by atoms with Gasteiger partial charge < -0.3 is 30.2 Å². The summed E-state index contributed by atoms with van der Waals surface area (Å²) in [5.74, 6) is -0.362. The lowest BCUT2D eigenvalue weighted by atomic mass is 10.1. The first-order chi connectivity index (χ1) is 14.0. The Kier molecular flexibility index (Phi) is 7.45. The maximum atomic E-state index is 14.8. The van der Waals surface area contributed by atoms with Crippen LogP contribution in [-0.4, -0.2) is 69.9 Å². The summed E-state index contributed by atoms with van der Waals surface area (Å²) < 4.78 is 30.8. The minimum atomic E-state index is -0.513. The molecule has 2 fully saturated rings. The van der Waals surface area contributed by atoms with Crippen LogP contribution >= 0.6 is 12.2 Å². The van der Waals surface area contributed by atoms with E-state index in [0.29, 0.717) is 50.8 Å². The summed E-state index contributed by atoms with van der Waals surface area (Å²) in [7, 11) is 1.65. The van der Waals surface area contributed by atoms with E-state index in [1.807, 2.05) is 4.90 Å². The second-order valence-corrected chi connectivity index (χ2v) is 7.49. The summed E-state index contributed by atoms with van der Waals surface area (Å²) >= 11 is 4.75. The number of methoxy groups -OCH3 is 1. The highest BCUT2D eigenvalue weighted by molar-refractivity contribution is 7.80. The van der Waals surface area contributed by atoms with Crippen molar-refractivity contribution in [2.75, 3.05) is 56.3 Å². The van der Waals surface area contributed by atoms with Crippen molar-refractivity contribution in [3.05, 3.63) is 24.0 Å². The number of ether oxygens (including phenoxy) is 3. The summed E-state index contributed by atoms with van der Waals surface area (Å²) in [5.41, 5.74) is 6.39. The molecule has 2 aliphatic heterocycles. The van der Waals surface area contributed by atoms with Crippen molar-refractivity contribution in [1.29, 1.82) is 0 Å². The highest BCUT2D eigenvalue weighted by Crippen LogP contribution is 2.29. The molecule has 0 spiro atoms. The van der Waals surface area contributed by atoms with Crippen LogP contribution in [-0.2, 0) is 14.2 Å². The van der Waals surface area contributed by atoms with E-state index in [2.05, 4.69) is 5.32 Å². The molecular weight excluding hydrogens is 399 g/mol. The maximum absolute atomic E-state index is 14.8. The number of nitrogens with zero attached hydrogens (tertiary/aromatic N) is 2. The Hall–Kier alpha value is -2.17. The molecule has 2 aliphatic rings. The smallest absolute Gasteiger partial charge is 0.414 e. The van der Waals surface area contributed by atoms with Gasteiger partial charge in [-0.2, -0.15) is 0 Å². The fourth-order valence-electron chi connectivity index (χ4n) is 3.53. The number of nitrogens with one attached hydrogen (secondary N) is 1. The lowest BCUT2D eigenvalue weighted by molar-refractivity contribution is 0.00605. The number of halogens is 1. The normalized spacial score (nSPS) is 20.1. The molecular formula is C19H27FN4O4S. The molecule has 10 heteroatoms. The molecule has 0 radical (unpaired) electrons. The number of carbonyl (C=O) groups is 1. The third kappa shape index (κ3) is 5.68. The van der Waals surface area contributed by atoms with Crippen molar-refractivity contribution in [3.63, 3.8) is 0 Å². The molecule has 1 aromatic carbocycles. The number of thiocarbonyl (C=S) groups is 1. The van der Waals surface area contributed by atoms with Crippen LogP contribution in [0.1, 0.15) is 12.8 Å². The molecule has 0 aromatic heterocycles. The van der Waals surface area contributed by atoms with Crippen LogP contribution in [0.4, 0.5) is 20.6 Å². The lowest BCUT2D eigenvalue weighted by Gasteiger charge is -2.34. The van der Waals surface area contributed by atoms with E-state index >= 15 is 0 Å². The molecule has 29 heavy (non-hydrogen) atoms. The second kappa shape index (κ2) is 10.0.